The van der Waals surface area contributed by atoms with Gasteiger partial charge in [-0.2, -0.15) is 0 Å². The van der Waals surface area contributed by atoms with E-state index in [1.165, 1.54) is 24.3 Å². The van der Waals surface area contributed by atoms with Crippen molar-refractivity contribution in [3.05, 3.63) is 59.2 Å². The van der Waals surface area contributed by atoms with Crippen LogP contribution in [0.4, 0.5) is 18.9 Å². The molecular formula is C23H24F3N3O3. The van der Waals surface area contributed by atoms with Crippen molar-refractivity contribution in [1.29, 1.82) is 0 Å². The average Bonchev–Trinajstić information content (AvgIpc) is 2.77. The monoisotopic (exact) mass is 447 g/mol. The highest BCUT2D eigenvalue weighted by molar-refractivity contribution is 6.04. The van der Waals surface area contributed by atoms with Gasteiger partial charge in [0.2, 0.25) is 0 Å². The summed E-state index contributed by atoms with van der Waals surface area (Å²) < 4.78 is 40.6. The number of carbonyl (C=O) groups is 2. The molecule has 2 amide bonds. The number of nitrogens with zero attached hydrogens (tertiary/aromatic N) is 2. The van der Waals surface area contributed by atoms with Crippen LogP contribution in [0.1, 0.15) is 52.5 Å². The van der Waals surface area contributed by atoms with E-state index < -0.39 is 6.36 Å². The number of halogens is 3. The van der Waals surface area contributed by atoms with Crippen LogP contribution in [-0.2, 0) is 6.54 Å². The summed E-state index contributed by atoms with van der Waals surface area (Å²) in [7, 11) is 0. The molecule has 2 heterocycles. The van der Waals surface area contributed by atoms with E-state index in [2.05, 4.69) is 15.0 Å². The summed E-state index contributed by atoms with van der Waals surface area (Å²) in [6.45, 7) is 3.65. The fourth-order valence-electron chi connectivity index (χ4n) is 4.36. The number of carbonyl (C=O) groups excluding carboxylic acids is 2. The molecule has 1 fully saturated rings. The number of hydrogen-bond donors (Lipinski definition) is 1. The second-order valence-electron chi connectivity index (χ2n) is 7.87. The van der Waals surface area contributed by atoms with Crippen molar-refractivity contribution in [2.24, 2.45) is 0 Å². The first kappa shape index (κ1) is 22.0. The Hall–Kier alpha value is -3.23. The Balaban J connectivity index is 1.47. The third-order valence-corrected chi connectivity index (χ3v) is 5.84. The van der Waals surface area contributed by atoms with Gasteiger partial charge in [-0.15, -0.1) is 13.2 Å². The van der Waals surface area contributed by atoms with Crippen LogP contribution in [0.5, 0.6) is 5.75 Å². The molecule has 170 valence electrons. The second kappa shape index (κ2) is 8.72. The maximum absolute atomic E-state index is 12.9. The van der Waals surface area contributed by atoms with Crippen LogP contribution in [0.3, 0.4) is 0 Å². The molecule has 2 aliphatic heterocycles. The molecular weight excluding hydrogens is 423 g/mol. The Morgan fingerprint density at radius 1 is 1.16 bits per heavy atom. The van der Waals surface area contributed by atoms with E-state index in [0.717, 1.165) is 38.0 Å². The van der Waals surface area contributed by atoms with Gasteiger partial charge in [0, 0.05) is 25.2 Å². The van der Waals surface area contributed by atoms with E-state index in [1.54, 1.807) is 18.2 Å². The van der Waals surface area contributed by atoms with E-state index in [0.29, 0.717) is 16.7 Å². The number of alkyl halides is 3. The zero-order valence-corrected chi connectivity index (χ0v) is 17.6. The van der Waals surface area contributed by atoms with Gasteiger partial charge in [-0.3, -0.25) is 9.59 Å². The number of benzene rings is 2. The van der Waals surface area contributed by atoms with Crippen LogP contribution in [-0.4, -0.2) is 42.3 Å². The highest BCUT2D eigenvalue weighted by Crippen LogP contribution is 2.35. The van der Waals surface area contributed by atoms with E-state index >= 15 is 0 Å². The minimum atomic E-state index is -4.75. The minimum absolute atomic E-state index is 0.00234. The third-order valence-electron chi connectivity index (χ3n) is 5.84. The van der Waals surface area contributed by atoms with E-state index in [-0.39, 0.29) is 30.3 Å². The summed E-state index contributed by atoms with van der Waals surface area (Å²) in [6, 6.07) is 10.4. The van der Waals surface area contributed by atoms with Gasteiger partial charge in [-0.05, 0) is 62.1 Å². The third kappa shape index (κ3) is 4.51. The number of nitrogens with one attached hydrogen (secondary N) is 1. The summed E-state index contributed by atoms with van der Waals surface area (Å²) in [5, 5.41) is 2.77. The van der Waals surface area contributed by atoms with Crippen molar-refractivity contribution in [3.8, 4) is 5.75 Å². The van der Waals surface area contributed by atoms with Gasteiger partial charge >= 0.3 is 6.36 Å². The lowest BCUT2D eigenvalue weighted by atomic mass is 9.97. The summed E-state index contributed by atoms with van der Waals surface area (Å²) in [5.41, 5.74) is 2.43. The van der Waals surface area contributed by atoms with Crippen LogP contribution < -0.4 is 15.0 Å². The topological polar surface area (TPSA) is 61.9 Å². The zero-order chi connectivity index (χ0) is 22.9. The van der Waals surface area contributed by atoms with Crippen LogP contribution >= 0.6 is 0 Å². The van der Waals surface area contributed by atoms with E-state index in [9.17, 15) is 22.8 Å². The SMILES string of the molecule is CCN1c2cc(C(=O)NCc3ccc(OC(F)(F)F)cc3)ccc2C(=O)N2CCCC[C@@H]21. The maximum atomic E-state index is 12.9. The Labute approximate surface area is 183 Å². The highest BCUT2D eigenvalue weighted by Gasteiger charge is 2.38. The van der Waals surface area contributed by atoms with Crippen molar-refractivity contribution < 1.29 is 27.5 Å². The number of fused-ring (bicyclic) bond motifs is 2. The van der Waals surface area contributed by atoms with Gasteiger partial charge < -0.3 is 19.9 Å². The first-order chi connectivity index (χ1) is 15.3. The van der Waals surface area contributed by atoms with Crippen molar-refractivity contribution in [2.45, 2.75) is 45.3 Å². The van der Waals surface area contributed by atoms with Crippen molar-refractivity contribution in [2.75, 3.05) is 18.0 Å². The van der Waals surface area contributed by atoms with Crippen molar-refractivity contribution in [1.82, 2.24) is 10.2 Å². The Bertz CT molecular complexity index is 1010. The molecule has 1 N–H and O–H groups in total. The molecule has 2 aromatic carbocycles. The quantitative estimate of drug-likeness (QED) is 0.742. The molecule has 1 saturated heterocycles. The molecule has 9 heteroatoms. The summed E-state index contributed by atoms with van der Waals surface area (Å²) in [5.74, 6) is -0.635. The second-order valence-corrected chi connectivity index (χ2v) is 7.87. The fraction of sp³-hybridized carbons (Fsp3) is 0.391. The molecule has 32 heavy (non-hydrogen) atoms. The maximum Gasteiger partial charge on any atom is 0.573 e. The lowest BCUT2D eigenvalue weighted by Gasteiger charge is -2.47. The normalized spacial score (nSPS) is 18.1. The van der Waals surface area contributed by atoms with E-state index in [1.807, 2.05) is 11.8 Å². The number of anilines is 1. The molecule has 1 atom stereocenters. The van der Waals surface area contributed by atoms with Crippen LogP contribution in [0.25, 0.3) is 0 Å². The standard InChI is InChI=1S/C23H24F3N3O3/c1-2-28-19-13-16(8-11-18(19)22(31)29-12-4-3-5-20(28)29)21(30)27-14-15-6-9-17(10-7-15)32-23(24,25)26/h6-11,13,20H,2-5,12,14H2,1H3,(H,27,30)/t20-/m1/s1. The Kier molecular flexibility index (Phi) is 5.99. The first-order valence-electron chi connectivity index (χ1n) is 10.6. The number of amides is 2. The number of rotatable bonds is 5. The predicted octanol–water partition coefficient (Wildman–Crippen LogP) is 4.31. The largest absolute Gasteiger partial charge is 0.573 e. The van der Waals surface area contributed by atoms with Gasteiger partial charge in [-0.1, -0.05) is 12.1 Å². The van der Waals surface area contributed by atoms with Crippen molar-refractivity contribution in [3.63, 3.8) is 0 Å². The molecule has 0 spiro atoms. The van der Waals surface area contributed by atoms with Gasteiger partial charge in [-0.25, -0.2) is 0 Å². The van der Waals surface area contributed by atoms with Crippen LogP contribution in [0.2, 0.25) is 0 Å². The molecule has 2 aliphatic rings. The fourth-order valence-corrected chi connectivity index (χ4v) is 4.36. The Morgan fingerprint density at radius 2 is 1.91 bits per heavy atom. The zero-order valence-electron chi connectivity index (χ0n) is 17.6. The molecule has 0 bridgehead atoms. The molecule has 4 rings (SSSR count). The first-order valence-corrected chi connectivity index (χ1v) is 10.6. The van der Waals surface area contributed by atoms with Gasteiger partial charge in [0.1, 0.15) is 11.9 Å². The number of ether oxygens (including phenoxy) is 1. The summed E-state index contributed by atoms with van der Waals surface area (Å²) >= 11 is 0. The molecule has 0 saturated carbocycles. The predicted molar refractivity (Wildman–Crippen MR) is 112 cm³/mol. The van der Waals surface area contributed by atoms with Gasteiger partial charge in [0.15, 0.2) is 0 Å². The summed E-state index contributed by atoms with van der Waals surface area (Å²) in [6.07, 6.45) is -1.76. The lowest BCUT2D eigenvalue weighted by Crippen LogP contribution is -2.57. The van der Waals surface area contributed by atoms with Crippen molar-refractivity contribution >= 4 is 17.5 Å². The number of piperidine rings is 1. The molecule has 0 radical (unpaired) electrons. The van der Waals surface area contributed by atoms with Gasteiger partial charge in [0.25, 0.3) is 11.8 Å². The average molecular weight is 447 g/mol. The molecule has 0 aromatic heterocycles. The molecule has 2 aromatic rings. The van der Waals surface area contributed by atoms with Gasteiger partial charge in [0.05, 0.1) is 11.3 Å². The highest BCUT2D eigenvalue weighted by atomic mass is 19.4. The smallest absolute Gasteiger partial charge is 0.406 e. The Morgan fingerprint density at radius 3 is 2.59 bits per heavy atom. The summed E-state index contributed by atoms with van der Waals surface area (Å²) in [4.78, 5) is 29.7. The van der Waals surface area contributed by atoms with Crippen LogP contribution in [0.15, 0.2) is 42.5 Å². The number of hydrogen-bond acceptors (Lipinski definition) is 4. The van der Waals surface area contributed by atoms with E-state index in [4.69, 9.17) is 0 Å². The van der Waals surface area contributed by atoms with Crippen LogP contribution in [0, 0.1) is 0 Å². The molecule has 6 nitrogen and oxygen atoms in total. The lowest BCUT2D eigenvalue weighted by molar-refractivity contribution is -0.274. The molecule has 0 unspecified atom stereocenters. The minimum Gasteiger partial charge on any atom is -0.406 e. The molecule has 0 aliphatic carbocycles.